The van der Waals surface area contributed by atoms with Crippen LogP contribution in [0, 0.1) is 5.41 Å². The maximum atomic E-state index is 12.7. The highest BCUT2D eigenvalue weighted by Crippen LogP contribution is 2.45. The van der Waals surface area contributed by atoms with E-state index in [2.05, 4.69) is 26.0 Å². The number of likely N-dealkylation sites (tertiary alicyclic amines) is 2. The van der Waals surface area contributed by atoms with Crippen LogP contribution in [0.15, 0.2) is 30.3 Å². The van der Waals surface area contributed by atoms with E-state index in [9.17, 15) is 9.59 Å². The molecule has 5 heteroatoms. The number of thioether (sulfide) groups is 1. The highest BCUT2D eigenvalue weighted by molar-refractivity contribution is 8.00. The lowest BCUT2D eigenvalue weighted by atomic mass is 9.68. The van der Waals surface area contributed by atoms with Crippen LogP contribution in [0.25, 0.3) is 0 Å². The van der Waals surface area contributed by atoms with Gasteiger partial charge in [-0.25, -0.2) is 0 Å². The molecule has 1 atom stereocenters. The highest BCUT2D eigenvalue weighted by atomic mass is 32.2. The Morgan fingerprint density at radius 2 is 1.88 bits per heavy atom. The highest BCUT2D eigenvalue weighted by Gasteiger charge is 2.45. The predicted octanol–water partition coefficient (Wildman–Crippen LogP) is 3.38. The molecule has 0 saturated carbocycles. The van der Waals surface area contributed by atoms with Gasteiger partial charge in [0.2, 0.25) is 11.8 Å². The molecule has 2 heterocycles. The molecule has 0 N–H and O–H groups in total. The van der Waals surface area contributed by atoms with Crippen LogP contribution in [0.2, 0.25) is 0 Å². The minimum atomic E-state index is -0.0475. The number of rotatable bonds is 4. The number of carbonyl (C=O) groups is 2. The minimum absolute atomic E-state index is 0.0475. The van der Waals surface area contributed by atoms with Gasteiger partial charge < -0.3 is 9.80 Å². The summed E-state index contributed by atoms with van der Waals surface area (Å²) in [6, 6.07) is 10.2. The predicted molar refractivity (Wildman–Crippen MR) is 107 cm³/mol. The summed E-state index contributed by atoms with van der Waals surface area (Å²) in [7, 11) is 1.93. The van der Waals surface area contributed by atoms with E-state index in [0.29, 0.717) is 11.0 Å². The minimum Gasteiger partial charge on any atom is -0.345 e. The molecule has 2 fully saturated rings. The molecule has 1 aromatic rings. The number of amides is 2. The average molecular weight is 375 g/mol. The quantitative estimate of drug-likeness (QED) is 0.811. The second kappa shape index (κ2) is 8.03. The normalized spacial score (nSPS) is 22.9. The zero-order valence-electron chi connectivity index (χ0n) is 16.1. The fourth-order valence-electron chi connectivity index (χ4n) is 4.30. The van der Waals surface area contributed by atoms with Crippen molar-refractivity contribution in [3.05, 3.63) is 35.9 Å². The fourth-order valence-corrected chi connectivity index (χ4v) is 4.96. The van der Waals surface area contributed by atoms with E-state index in [-0.39, 0.29) is 23.1 Å². The van der Waals surface area contributed by atoms with Crippen molar-refractivity contribution < 1.29 is 9.59 Å². The summed E-state index contributed by atoms with van der Waals surface area (Å²) in [5, 5.41) is 0.486. The number of hydrogen-bond acceptors (Lipinski definition) is 3. The van der Waals surface area contributed by atoms with Gasteiger partial charge in [-0.15, -0.1) is 11.8 Å². The molecule has 4 nitrogen and oxygen atoms in total. The van der Waals surface area contributed by atoms with E-state index in [0.717, 1.165) is 44.5 Å². The van der Waals surface area contributed by atoms with Gasteiger partial charge in [-0.3, -0.25) is 9.59 Å². The Hall–Kier alpha value is -1.49. The van der Waals surface area contributed by atoms with E-state index >= 15 is 0 Å². The average Bonchev–Trinajstić information content (AvgIpc) is 2.64. The molecule has 142 valence electrons. The van der Waals surface area contributed by atoms with Gasteiger partial charge in [-0.1, -0.05) is 44.2 Å². The van der Waals surface area contributed by atoms with E-state index < -0.39 is 0 Å². The van der Waals surface area contributed by atoms with Gasteiger partial charge in [-0.2, -0.15) is 0 Å². The van der Waals surface area contributed by atoms with E-state index in [1.807, 2.05) is 35.0 Å². The third kappa shape index (κ3) is 4.25. The van der Waals surface area contributed by atoms with Gasteiger partial charge in [0.25, 0.3) is 0 Å². The van der Waals surface area contributed by atoms with Crippen LogP contribution in [0.1, 0.15) is 44.6 Å². The molecule has 0 aromatic heterocycles. The van der Waals surface area contributed by atoms with Crippen LogP contribution in [0.3, 0.4) is 0 Å². The summed E-state index contributed by atoms with van der Waals surface area (Å²) < 4.78 is 0. The van der Waals surface area contributed by atoms with Crippen molar-refractivity contribution in [2.24, 2.45) is 5.41 Å². The Morgan fingerprint density at radius 1 is 1.23 bits per heavy atom. The van der Waals surface area contributed by atoms with Crippen molar-refractivity contribution >= 4 is 23.6 Å². The molecule has 3 rings (SSSR count). The van der Waals surface area contributed by atoms with Gasteiger partial charge in [0.1, 0.15) is 0 Å². The first-order valence-corrected chi connectivity index (χ1v) is 10.6. The molecule has 2 aliphatic rings. The Morgan fingerprint density at radius 3 is 2.50 bits per heavy atom. The van der Waals surface area contributed by atoms with Crippen molar-refractivity contribution in [1.29, 1.82) is 0 Å². The molecule has 1 unspecified atom stereocenters. The smallest absolute Gasteiger partial charge is 0.232 e. The maximum Gasteiger partial charge on any atom is 0.232 e. The largest absolute Gasteiger partial charge is 0.345 e. The first-order chi connectivity index (χ1) is 12.4. The molecule has 1 spiro atoms. The van der Waals surface area contributed by atoms with Gasteiger partial charge in [-0.05, 0) is 35.5 Å². The molecule has 0 aliphatic carbocycles. The number of carbonyl (C=O) groups excluding carboxylic acids is 2. The summed E-state index contributed by atoms with van der Waals surface area (Å²) in [4.78, 5) is 29.1. The molecule has 2 amide bonds. The summed E-state index contributed by atoms with van der Waals surface area (Å²) in [5.41, 5.74) is 1.26. The van der Waals surface area contributed by atoms with Gasteiger partial charge in [0.15, 0.2) is 0 Å². The Labute approximate surface area is 161 Å². The lowest BCUT2D eigenvalue weighted by Crippen LogP contribution is -2.53. The van der Waals surface area contributed by atoms with Crippen molar-refractivity contribution in [2.75, 3.05) is 32.4 Å². The fraction of sp³-hybridized carbons (Fsp3) is 0.619. The molecule has 1 aromatic carbocycles. The molecule has 0 bridgehead atoms. The zero-order chi connectivity index (χ0) is 18.7. The maximum absolute atomic E-state index is 12.7. The number of nitrogens with zero attached hydrogens (tertiary/aromatic N) is 2. The monoisotopic (exact) mass is 374 g/mol. The van der Waals surface area contributed by atoms with E-state index in [4.69, 9.17) is 0 Å². The first-order valence-electron chi connectivity index (χ1n) is 9.59. The zero-order valence-corrected chi connectivity index (χ0v) is 16.9. The lowest BCUT2D eigenvalue weighted by molar-refractivity contribution is -0.142. The molecular weight excluding hydrogens is 344 g/mol. The van der Waals surface area contributed by atoms with Crippen LogP contribution in [0.5, 0.6) is 0 Å². The molecule has 0 radical (unpaired) electrons. The first kappa shape index (κ1) is 19.3. The molecule has 26 heavy (non-hydrogen) atoms. The van der Waals surface area contributed by atoms with Gasteiger partial charge in [0, 0.05) is 26.7 Å². The van der Waals surface area contributed by atoms with Crippen molar-refractivity contribution in [3.8, 4) is 0 Å². The third-order valence-electron chi connectivity index (χ3n) is 5.80. The summed E-state index contributed by atoms with van der Waals surface area (Å²) in [6.07, 6.45) is 2.89. The number of likely N-dealkylation sites (N-methyl/N-ethyl adjacent to an activating group) is 1. The Bertz CT molecular complexity index is 639. The van der Waals surface area contributed by atoms with Crippen molar-refractivity contribution in [2.45, 2.75) is 44.3 Å². The Kier molecular flexibility index (Phi) is 5.96. The summed E-state index contributed by atoms with van der Waals surface area (Å²) in [5.74, 6) is 1.02. The van der Waals surface area contributed by atoms with E-state index in [1.165, 1.54) is 0 Å². The standard InChI is InChI=1S/C21H30N2O2S/c1-16(2)26-14-19(24)23-11-9-21(10-12-23)13-18(20(25)22(3)15-21)17-7-5-4-6-8-17/h4-8,16,18H,9-15H2,1-3H3. The van der Waals surface area contributed by atoms with Crippen LogP contribution >= 0.6 is 11.8 Å². The SMILES string of the molecule is CC(C)SCC(=O)N1CCC2(CC1)CC(c1ccccc1)C(=O)N(C)C2. The van der Waals surface area contributed by atoms with Crippen LogP contribution < -0.4 is 0 Å². The van der Waals surface area contributed by atoms with Gasteiger partial charge in [0.05, 0.1) is 11.7 Å². The number of benzene rings is 1. The van der Waals surface area contributed by atoms with Crippen molar-refractivity contribution in [1.82, 2.24) is 9.80 Å². The summed E-state index contributed by atoms with van der Waals surface area (Å²) in [6.45, 7) is 6.71. The van der Waals surface area contributed by atoms with Gasteiger partial charge >= 0.3 is 0 Å². The van der Waals surface area contributed by atoms with Crippen LogP contribution in [-0.2, 0) is 9.59 Å². The number of piperidine rings is 2. The van der Waals surface area contributed by atoms with Crippen molar-refractivity contribution in [3.63, 3.8) is 0 Å². The van der Waals surface area contributed by atoms with Crippen LogP contribution in [0.4, 0.5) is 0 Å². The molecule has 2 aliphatic heterocycles. The lowest BCUT2D eigenvalue weighted by Gasteiger charge is -2.49. The second-order valence-corrected chi connectivity index (χ2v) is 9.67. The third-order valence-corrected chi connectivity index (χ3v) is 6.88. The topological polar surface area (TPSA) is 40.6 Å². The Balaban J connectivity index is 1.66. The summed E-state index contributed by atoms with van der Waals surface area (Å²) >= 11 is 1.71. The molecular formula is C21H30N2O2S. The van der Waals surface area contributed by atoms with E-state index in [1.54, 1.807) is 11.8 Å². The molecule has 2 saturated heterocycles. The van der Waals surface area contributed by atoms with Crippen LogP contribution in [-0.4, -0.2) is 59.3 Å². The second-order valence-electron chi connectivity index (χ2n) is 8.10. The number of hydrogen-bond donors (Lipinski definition) is 0.